The van der Waals surface area contributed by atoms with Crippen molar-refractivity contribution in [1.82, 2.24) is 0 Å². The molecule has 0 fully saturated rings. The molecule has 0 aromatic heterocycles. The number of rotatable bonds is 1. The van der Waals surface area contributed by atoms with Gasteiger partial charge in [0.2, 0.25) is 11.6 Å². The van der Waals surface area contributed by atoms with Gasteiger partial charge in [-0.05, 0) is 5.56 Å². The molecule has 1 N–H and O–H groups in total. The number of hydrogen-bond donors (Lipinski definition) is 1. The number of benzene rings is 1. The van der Waals surface area contributed by atoms with E-state index in [1.807, 2.05) is 0 Å². The molecule has 1 nitrogen and oxygen atoms in total. The van der Waals surface area contributed by atoms with E-state index in [-0.39, 0.29) is 0 Å². The van der Waals surface area contributed by atoms with Crippen LogP contribution in [0.3, 0.4) is 0 Å². The molecule has 0 saturated heterocycles. The molecule has 0 aliphatic heterocycles. The van der Waals surface area contributed by atoms with Crippen molar-refractivity contribution in [3.8, 4) is 0 Å². The average Bonchev–Trinajstić information content (AvgIpc) is 2.36. The highest BCUT2D eigenvalue weighted by Gasteiger charge is 2.76. The summed E-state index contributed by atoms with van der Waals surface area (Å²) in [4.78, 5) is 0. The Labute approximate surface area is 108 Å². The van der Waals surface area contributed by atoms with Crippen LogP contribution in [0, 0.1) is 0 Å². The Kier molecular flexibility index (Phi) is 3.03. The third kappa shape index (κ3) is 1.70. The summed E-state index contributed by atoms with van der Waals surface area (Å²) in [6.45, 7) is 0. The van der Waals surface area contributed by atoms with E-state index >= 15 is 0 Å². The summed E-state index contributed by atoms with van der Waals surface area (Å²) in [5.41, 5.74) is -0.857. The topological polar surface area (TPSA) is 20.2 Å². The van der Waals surface area contributed by atoms with E-state index in [1.165, 1.54) is 6.07 Å². The second kappa shape index (κ2) is 4.13. The lowest BCUT2D eigenvalue weighted by Gasteiger charge is -2.40. The summed E-state index contributed by atoms with van der Waals surface area (Å²) in [6, 6.07) is 4.98. The van der Waals surface area contributed by atoms with E-state index in [0.29, 0.717) is 0 Å². The number of aliphatic hydroxyl groups excluding tert-OH is 1. The molecule has 1 aromatic rings. The minimum absolute atomic E-state index is 0.762. The number of halogens is 7. The van der Waals surface area contributed by atoms with Crippen LogP contribution in [0.5, 0.6) is 0 Å². The van der Waals surface area contributed by atoms with Crippen LogP contribution in [-0.4, -0.2) is 22.9 Å². The van der Waals surface area contributed by atoms with Gasteiger partial charge in [-0.25, -0.2) is 4.39 Å². The highest BCUT2D eigenvalue weighted by atomic mass is 19.3. The molecule has 0 heterocycles. The molecule has 8 heteroatoms. The summed E-state index contributed by atoms with van der Waals surface area (Å²) in [5, 5.41) is 8.64. The Hall–Kier alpha value is -1.73. The van der Waals surface area contributed by atoms with Crippen molar-refractivity contribution < 1.29 is 35.8 Å². The van der Waals surface area contributed by atoms with Gasteiger partial charge in [-0.1, -0.05) is 30.3 Å². The van der Waals surface area contributed by atoms with Crippen molar-refractivity contribution in [3.05, 3.63) is 47.5 Å². The SMILES string of the molecule is OC1=C(F)C(F)(F)C(c2ccccc2)C(F)(F)C1(F)F. The zero-order chi connectivity index (χ0) is 15.3. The Bertz CT molecular complexity index is 550. The summed E-state index contributed by atoms with van der Waals surface area (Å²) < 4.78 is 94.3. The van der Waals surface area contributed by atoms with E-state index in [0.717, 1.165) is 24.3 Å². The van der Waals surface area contributed by atoms with Crippen molar-refractivity contribution in [3.63, 3.8) is 0 Å². The van der Waals surface area contributed by atoms with E-state index in [2.05, 4.69) is 0 Å². The smallest absolute Gasteiger partial charge is 0.369 e. The van der Waals surface area contributed by atoms with E-state index in [1.54, 1.807) is 0 Å². The first-order valence-corrected chi connectivity index (χ1v) is 5.32. The molecule has 0 amide bonds. The quantitative estimate of drug-likeness (QED) is 0.761. The van der Waals surface area contributed by atoms with Crippen LogP contribution in [0.25, 0.3) is 0 Å². The number of aliphatic hydroxyl groups is 1. The lowest BCUT2D eigenvalue weighted by atomic mass is 9.78. The molecule has 2 rings (SSSR count). The van der Waals surface area contributed by atoms with Gasteiger partial charge in [-0.2, -0.15) is 26.3 Å². The van der Waals surface area contributed by atoms with Crippen molar-refractivity contribution >= 4 is 0 Å². The van der Waals surface area contributed by atoms with Crippen LogP contribution in [0.1, 0.15) is 11.5 Å². The van der Waals surface area contributed by atoms with Crippen molar-refractivity contribution in [2.45, 2.75) is 23.7 Å². The van der Waals surface area contributed by atoms with Gasteiger partial charge >= 0.3 is 17.8 Å². The third-order valence-electron chi connectivity index (χ3n) is 3.07. The zero-order valence-electron chi connectivity index (χ0n) is 9.56. The van der Waals surface area contributed by atoms with Crippen LogP contribution in [0.15, 0.2) is 41.9 Å². The average molecular weight is 300 g/mol. The van der Waals surface area contributed by atoms with Crippen molar-refractivity contribution in [1.29, 1.82) is 0 Å². The summed E-state index contributed by atoms with van der Waals surface area (Å²) in [7, 11) is 0. The molecule has 1 unspecified atom stereocenters. The van der Waals surface area contributed by atoms with Gasteiger partial charge in [-0.3, -0.25) is 0 Å². The Morgan fingerprint density at radius 1 is 0.900 bits per heavy atom. The summed E-state index contributed by atoms with van der Waals surface area (Å²) in [5.74, 6) is -25.0. The molecule has 0 saturated carbocycles. The molecule has 0 radical (unpaired) electrons. The van der Waals surface area contributed by atoms with Crippen molar-refractivity contribution in [2.24, 2.45) is 0 Å². The van der Waals surface area contributed by atoms with Gasteiger partial charge in [0.15, 0.2) is 0 Å². The maximum atomic E-state index is 13.7. The fourth-order valence-corrected chi connectivity index (χ4v) is 2.05. The summed E-state index contributed by atoms with van der Waals surface area (Å²) in [6.07, 6.45) is 0. The molecule has 110 valence electrons. The number of hydrogen-bond acceptors (Lipinski definition) is 1. The molecular weight excluding hydrogens is 293 g/mol. The third-order valence-corrected chi connectivity index (χ3v) is 3.07. The van der Waals surface area contributed by atoms with Crippen LogP contribution in [-0.2, 0) is 0 Å². The van der Waals surface area contributed by atoms with Crippen LogP contribution in [0.2, 0.25) is 0 Å². The minimum Gasteiger partial charge on any atom is -0.504 e. The predicted octanol–water partition coefficient (Wildman–Crippen LogP) is 4.43. The predicted molar refractivity (Wildman–Crippen MR) is 54.8 cm³/mol. The standard InChI is InChI=1S/C12H7F7O/c13-8-9(20)12(18,19)11(16,17)7(10(8,14)15)6-4-2-1-3-5-6/h1-5,7,20H. The first-order chi connectivity index (χ1) is 9.04. The fraction of sp³-hybridized carbons (Fsp3) is 0.333. The summed E-state index contributed by atoms with van der Waals surface area (Å²) >= 11 is 0. The van der Waals surface area contributed by atoms with Gasteiger partial charge in [0.25, 0.3) is 0 Å². The Balaban J connectivity index is 2.73. The Morgan fingerprint density at radius 2 is 1.40 bits per heavy atom. The molecule has 0 spiro atoms. The Morgan fingerprint density at radius 3 is 1.90 bits per heavy atom. The van der Waals surface area contributed by atoms with E-state index in [4.69, 9.17) is 5.11 Å². The first kappa shape index (κ1) is 14.7. The van der Waals surface area contributed by atoms with E-state index < -0.39 is 40.8 Å². The van der Waals surface area contributed by atoms with Crippen LogP contribution in [0.4, 0.5) is 30.7 Å². The first-order valence-electron chi connectivity index (χ1n) is 5.32. The lowest BCUT2D eigenvalue weighted by Crippen LogP contribution is -2.57. The fourth-order valence-electron chi connectivity index (χ4n) is 2.05. The monoisotopic (exact) mass is 300 g/mol. The molecule has 1 aromatic carbocycles. The van der Waals surface area contributed by atoms with Gasteiger partial charge in [-0.15, -0.1) is 0 Å². The second-order valence-electron chi connectivity index (χ2n) is 4.33. The molecule has 1 aliphatic rings. The highest BCUT2D eigenvalue weighted by Crippen LogP contribution is 2.60. The molecule has 0 bridgehead atoms. The van der Waals surface area contributed by atoms with Gasteiger partial charge in [0.05, 0.1) is 0 Å². The second-order valence-corrected chi connectivity index (χ2v) is 4.33. The molecule has 1 atom stereocenters. The maximum absolute atomic E-state index is 13.7. The van der Waals surface area contributed by atoms with Gasteiger partial charge < -0.3 is 5.11 Å². The van der Waals surface area contributed by atoms with Crippen LogP contribution >= 0.6 is 0 Å². The van der Waals surface area contributed by atoms with E-state index in [9.17, 15) is 30.7 Å². The molecular formula is C12H7F7O. The number of allylic oxidation sites excluding steroid dienone is 2. The molecule has 1 aliphatic carbocycles. The van der Waals surface area contributed by atoms with Crippen molar-refractivity contribution in [2.75, 3.05) is 0 Å². The number of alkyl halides is 6. The highest BCUT2D eigenvalue weighted by molar-refractivity contribution is 5.37. The molecule has 20 heavy (non-hydrogen) atoms. The minimum atomic E-state index is -5.42. The zero-order valence-corrected chi connectivity index (χ0v) is 9.56. The van der Waals surface area contributed by atoms with Gasteiger partial charge in [0, 0.05) is 0 Å². The normalized spacial score (nSPS) is 27.4. The largest absolute Gasteiger partial charge is 0.504 e. The van der Waals surface area contributed by atoms with Gasteiger partial charge in [0.1, 0.15) is 5.92 Å². The van der Waals surface area contributed by atoms with Crippen LogP contribution < -0.4 is 0 Å². The lowest BCUT2D eigenvalue weighted by molar-refractivity contribution is -0.260. The maximum Gasteiger partial charge on any atom is 0.369 e.